The minimum Gasteiger partial charge on any atom is -0.384 e. The Morgan fingerprint density at radius 3 is 2.50 bits per heavy atom. The normalized spacial score (nSPS) is 18.4. The fourth-order valence-electron chi connectivity index (χ4n) is 2.32. The second-order valence-electron chi connectivity index (χ2n) is 5.11. The highest BCUT2D eigenvalue weighted by Crippen LogP contribution is 2.05. The largest absolute Gasteiger partial charge is 0.384 e. The molecule has 0 aliphatic carbocycles. The van der Waals surface area contributed by atoms with Crippen LogP contribution in [0.3, 0.4) is 0 Å². The molecule has 1 saturated heterocycles. The number of carbonyl (C=O) groups is 1. The fraction of sp³-hybridized carbons (Fsp3) is 0.438. The molecule has 1 unspecified atom stereocenters. The number of nitrogens with zero attached hydrogens (tertiary/aromatic N) is 2. The van der Waals surface area contributed by atoms with Crippen LogP contribution in [0.4, 0.5) is 0 Å². The van der Waals surface area contributed by atoms with Crippen molar-refractivity contribution in [1.29, 1.82) is 0 Å². The van der Waals surface area contributed by atoms with E-state index < -0.39 is 6.10 Å². The Bertz CT molecular complexity index is 449. The summed E-state index contributed by atoms with van der Waals surface area (Å²) in [4.78, 5) is 15.7. The average Bonchev–Trinajstić information content (AvgIpc) is 2.48. The van der Waals surface area contributed by atoms with E-state index in [1.807, 2.05) is 18.2 Å². The number of aliphatic hydroxyl groups excluding tert-OH is 1. The molecule has 1 heterocycles. The molecule has 1 amide bonds. The number of hydrogen-bond acceptors (Lipinski definition) is 3. The summed E-state index contributed by atoms with van der Waals surface area (Å²) in [6.07, 6.45) is 3.38. The highest BCUT2D eigenvalue weighted by Gasteiger charge is 2.22. The third kappa shape index (κ3) is 4.18. The van der Waals surface area contributed by atoms with E-state index in [0.29, 0.717) is 13.1 Å². The maximum Gasteiger partial charge on any atom is 0.251 e. The van der Waals surface area contributed by atoms with E-state index in [2.05, 4.69) is 29.2 Å². The van der Waals surface area contributed by atoms with E-state index in [0.717, 1.165) is 19.6 Å². The van der Waals surface area contributed by atoms with Crippen LogP contribution in [0.5, 0.6) is 0 Å². The number of carbonyl (C=O) groups excluding carboxylic acids is 1. The molecule has 0 aromatic heterocycles. The van der Waals surface area contributed by atoms with Crippen LogP contribution in [0, 0.1) is 0 Å². The molecule has 0 saturated carbocycles. The Morgan fingerprint density at radius 1 is 1.25 bits per heavy atom. The van der Waals surface area contributed by atoms with Crippen LogP contribution in [0.1, 0.15) is 12.5 Å². The molecule has 108 valence electrons. The van der Waals surface area contributed by atoms with Gasteiger partial charge in [-0.2, -0.15) is 0 Å². The minimum absolute atomic E-state index is 0.163. The van der Waals surface area contributed by atoms with Gasteiger partial charge in [-0.1, -0.05) is 42.5 Å². The summed E-state index contributed by atoms with van der Waals surface area (Å²) < 4.78 is 0. The first-order valence-corrected chi connectivity index (χ1v) is 7.07. The van der Waals surface area contributed by atoms with Crippen LogP contribution in [0.25, 0.3) is 6.08 Å². The van der Waals surface area contributed by atoms with E-state index in [1.165, 1.54) is 12.5 Å². The summed E-state index contributed by atoms with van der Waals surface area (Å²) in [6, 6.07) is 10.2. The topological polar surface area (TPSA) is 43.8 Å². The van der Waals surface area contributed by atoms with Crippen molar-refractivity contribution in [1.82, 2.24) is 9.80 Å². The lowest BCUT2D eigenvalue weighted by Gasteiger charge is -2.34. The summed E-state index contributed by atoms with van der Waals surface area (Å²) in [5.41, 5.74) is 1.20. The van der Waals surface area contributed by atoms with Gasteiger partial charge >= 0.3 is 0 Å². The molecule has 0 spiro atoms. The van der Waals surface area contributed by atoms with Gasteiger partial charge in [0.05, 0.1) is 0 Å². The number of aliphatic hydroxyl groups is 1. The van der Waals surface area contributed by atoms with Gasteiger partial charge in [0, 0.05) is 32.7 Å². The van der Waals surface area contributed by atoms with Crippen molar-refractivity contribution in [3.05, 3.63) is 42.0 Å². The molecule has 1 atom stereocenters. The van der Waals surface area contributed by atoms with Crippen molar-refractivity contribution in [2.75, 3.05) is 32.7 Å². The maximum atomic E-state index is 11.6. The molecule has 20 heavy (non-hydrogen) atoms. The van der Waals surface area contributed by atoms with Crippen LogP contribution >= 0.6 is 0 Å². The Kier molecular flexibility index (Phi) is 5.32. The first-order chi connectivity index (χ1) is 9.66. The van der Waals surface area contributed by atoms with Gasteiger partial charge in [-0.15, -0.1) is 0 Å². The highest BCUT2D eigenvalue weighted by atomic mass is 16.3. The van der Waals surface area contributed by atoms with Crippen LogP contribution in [-0.2, 0) is 4.79 Å². The predicted octanol–water partition coefficient (Wildman–Crippen LogP) is 1.22. The molecule has 1 aliphatic heterocycles. The monoisotopic (exact) mass is 274 g/mol. The summed E-state index contributed by atoms with van der Waals surface area (Å²) in [6.45, 7) is 5.53. The van der Waals surface area contributed by atoms with Crippen molar-refractivity contribution in [3.8, 4) is 0 Å². The van der Waals surface area contributed by atoms with E-state index in [9.17, 15) is 9.90 Å². The summed E-state index contributed by atoms with van der Waals surface area (Å²) in [5, 5.41) is 9.29. The van der Waals surface area contributed by atoms with E-state index in [-0.39, 0.29) is 5.91 Å². The first kappa shape index (κ1) is 14.8. The zero-order valence-corrected chi connectivity index (χ0v) is 11.9. The summed E-state index contributed by atoms with van der Waals surface area (Å²) in [7, 11) is 0. The van der Waals surface area contributed by atoms with Gasteiger partial charge in [-0.3, -0.25) is 9.69 Å². The zero-order valence-electron chi connectivity index (χ0n) is 11.9. The number of rotatable bonds is 4. The Hall–Kier alpha value is -1.65. The van der Waals surface area contributed by atoms with E-state index in [4.69, 9.17) is 0 Å². The molecule has 4 heteroatoms. The predicted molar refractivity (Wildman–Crippen MR) is 80.2 cm³/mol. The fourth-order valence-corrected chi connectivity index (χ4v) is 2.32. The van der Waals surface area contributed by atoms with Gasteiger partial charge in [0.25, 0.3) is 5.91 Å². The van der Waals surface area contributed by atoms with Crippen molar-refractivity contribution >= 4 is 12.0 Å². The Balaban J connectivity index is 1.75. The summed E-state index contributed by atoms with van der Waals surface area (Å²) in [5.74, 6) is -0.163. The lowest BCUT2D eigenvalue weighted by Crippen LogP contribution is -2.50. The van der Waals surface area contributed by atoms with Gasteiger partial charge < -0.3 is 10.0 Å². The van der Waals surface area contributed by atoms with Crippen molar-refractivity contribution in [2.24, 2.45) is 0 Å². The average molecular weight is 274 g/mol. The van der Waals surface area contributed by atoms with Crippen LogP contribution in [0.2, 0.25) is 0 Å². The first-order valence-electron chi connectivity index (χ1n) is 7.07. The molecule has 1 aromatic carbocycles. The molecule has 1 aromatic rings. The molecular formula is C16H22N2O2. The maximum absolute atomic E-state index is 11.6. The smallest absolute Gasteiger partial charge is 0.251 e. The standard InChI is InChI=1S/C16H22N2O2/c1-14(19)16(20)18-12-10-17(11-13-18)9-5-8-15-6-3-2-4-7-15/h2-8,14,19H,9-13H2,1H3/b8-5+. The third-order valence-corrected chi connectivity index (χ3v) is 3.51. The Labute approximate surface area is 120 Å². The van der Waals surface area contributed by atoms with Gasteiger partial charge in [0.15, 0.2) is 0 Å². The van der Waals surface area contributed by atoms with Crippen LogP contribution in [-0.4, -0.2) is 59.6 Å². The van der Waals surface area contributed by atoms with Crippen LogP contribution in [0.15, 0.2) is 36.4 Å². The molecule has 1 N–H and O–H groups in total. The molecular weight excluding hydrogens is 252 g/mol. The van der Waals surface area contributed by atoms with Gasteiger partial charge in [0.2, 0.25) is 0 Å². The van der Waals surface area contributed by atoms with Crippen LogP contribution < -0.4 is 0 Å². The summed E-state index contributed by atoms with van der Waals surface area (Å²) >= 11 is 0. The molecule has 0 bridgehead atoms. The van der Waals surface area contributed by atoms with Gasteiger partial charge in [-0.05, 0) is 12.5 Å². The lowest BCUT2D eigenvalue weighted by atomic mass is 10.2. The lowest BCUT2D eigenvalue weighted by molar-refractivity contribution is -0.140. The SMILES string of the molecule is CC(O)C(=O)N1CCN(C/C=C/c2ccccc2)CC1. The number of amides is 1. The van der Waals surface area contributed by atoms with Crippen molar-refractivity contribution < 1.29 is 9.90 Å². The van der Waals surface area contributed by atoms with Gasteiger partial charge in [0.1, 0.15) is 6.10 Å². The number of piperazine rings is 1. The van der Waals surface area contributed by atoms with Crippen molar-refractivity contribution in [3.63, 3.8) is 0 Å². The quantitative estimate of drug-likeness (QED) is 0.898. The molecule has 1 fully saturated rings. The Morgan fingerprint density at radius 2 is 1.90 bits per heavy atom. The number of benzene rings is 1. The second-order valence-corrected chi connectivity index (χ2v) is 5.11. The van der Waals surface area contributed by atoms with Gasteiger partial charge in [-0.25, -0.2) is 0 Å². The number of hydrogen-bond donors (Lipinski definition) is 1. The zero-order chi connectivity index (χ0) is 14.4. The molecule has 4 nitrogen and oxygen atoms in total. The van der Waals surface area contributed by atoms with Crippen molar-refractivity contribution in [2.45, 2.75) is 13.0 Å². The minimum atomic E-state index is -0.889. The van der Waals surface area contributed by atoms with E-state index >= 15 is 0 Å². The highest BCUT2D eigenvalue weighted by molar-refractivity contribution is 5.80. The third-order valence-electron chi connectivity index (χ3n) is 3.51. The molecule has 0 radical (unpaired) electrons. The molecule has 1 aliphatic rings. The van der Waals surface area contributed by atoms with E-state index in [1.54, 1.807) is 4.90 Å². The second kappa shape index (κ2) is 7.22. The molecule has 2 rings (SSSR count).